The van der Waals surface area contributed by atoms with Crippen LogP contribution in [0.25, 0.3) is 0 Å². The van der Waals surface area contributed by atoms with Crippen molar-refractivity contribution in [3.05, 3.63) is 23.0 Å². The Balaban J connectivity index is 1.83. The van der Waals surface area contributed by atoms with Crippen molar-refractivity contribution >= 4 is 29.1 Å². The Kier molecular flexibility index (Phi) is 4.79. The van der Waals surface area contributed by atoms with Crippen LogP contribution in [-0.2, 0) is 4.79 Å². The molecule has 1 aliphatic heterocycles. The van der Waals surface area contributed by atoms with Gasteiger partial charge in [-0.2, -0.15) is 0 Å². The maximum atomic E-state index is 11.9. The number of nitrogen functional groups attached to an aromatic ring is 1. The van der Waals surface area contributed by atoms with Crippen molar-refractivity contribution in [2.45, 2.75) is 19.3 Å². The van der Waals surface area contributed by atoms with Gasteiger partial charge in [0.2, 0.25) is 5.91 Å². The van der Waals surface area contributed by atoms with Crippen LogP contribution in [0.5, 0.6) is 0 Å². The maximum absolute atomic E-state index is 11.9. The monoisotopic (exact) mass is 296 g/mol. The summed E-state index contributed by atoms with van der Waals surface area (Å²) in [4.78, 5) is 29.3. The molecule has 1 fully saturated rings. The molecule has 7 heteroatoms. The van der Waals surface area contributed by atoms with Gasteiger partial charge < -0.3 is 16.0 Å². The number of amides is 2. The van der Waals surface area contributed by atoms with E-state index in [4.69, 9.17) is 17.3 Å². The van der Waals surface area contributed by atoms with Crippen LogP contribution in [0.15, 0.2) is 12.3 Å². The van der Waals surface area contributed by atoms with Crippen molar-refractivity contribution in [3.63, 3.8) is 0 Å². The van der Waals surface area contributed by atoms with E-state index in [1.54, 1.807) is 0 Å². The molecule has 6 nitrogen and oxygen atoms in total. The SMILES string of the molecule is Nc1cnc(Cl)c(C(=O)NCCC(=O)N2CCCC2)c1. The largest absolute Gasteiger partial charge is 0.397 e. The van der Waals surface area contributed by atoms with E-state index in [-0.39, 0.29) is 29.1 Å². The Morgan fingerprint density at radius 3 is 2.80 bits per heavy atom. The number of hydrogen-bond acceptors (Lipinski definition) is 4. The fourth-order valence-electron chi connectivity index (χ4n) is 2.13. The summed E-state index contributed by atoms with van der Waals surface area (Å²) in [5.41, 5.74) is 6.15. The second kappa shape index (κ2) is 6.56. The molecule has 2 amide bonds. The number of nitrogens with one attached hydrogen (secondary N) is 1. The van der Waals surface area contributed by atoms with Crippen molar-refractivity contribution in [2.24, 2.45) is 0 Å². The molecule has 0 aliphatic carbocycles. The lowest BCUT2D eigenvalue weighted by Crippen LogP contribution is -2.32. The van der Waals surface area contributed by atoms with Gasteiger partial charge >= 0.3 is 0 Å². The smallest absolute Gasteiger partial charge is 0.254 e. The molecular formula is C13H17ClN4O2. The molecule has 0 spiro atoms. The Hall–Kier alpha value is -1.82. The van der Waals surface area contributed by atoms with Crippen molar-refractivity contribution in [1.82, 2.24) is 15.2 Å². The quantitative estimate of drug-likeness (QED) is 0.813. The molecule has 20 heavy (non-hydrogen) atoms. The molecule has 2 rings (SSSR count). The van der Waals surface area contributed by atoms with Crippen LogP contribution in [-0.4, -0.2) is 41.3 Å². The number of likely N-dealkylation sites (tertiary alicyclic amines) is 1. The average molecular weight is 297 g/mol. The molecule has 0 atom stereocenters. The van der Waals surface area contributed by atoms with E-state index in [9.17, 15) is 9.59 Å². The first-order chi connectivity index (χ1) is 9.58. The van der Waals surface area contributed by atoms with Gasteiger partial charge in [-0.1, -0.05) is 11.6 Å². The predicted molar refractivity (Wildman–Crippen MR) is 76.4 cm³/mol. The van der Waals surface area contributed by atoms with Crippen LogP contribution < -0.4 is 11.1 Å². The summed E-state index contributed by atoms with van der Waals surface area (Å²) in [5, 5.41) is 2.75. The van der Waals surface area contributed by atoms with Gasteiger partial charge in [0.25, 0.3) is 5.91 Å². The lowest BCUT2D eigenvalue weighted by molar-refractivity contribution is -0.129. The fourth-order valence-corrected chi connectivity index (χ4v) is 2.32. The first kappa shape index (κ1) is 14.6. The second-order valence-corrected chi connectivity index (χ2v) is 5.06. The first-order valence-corrected chi connectivity index (χ1v) is 6.92. The van der Waals surface area contributed by atoms with E-state index in [0.717, 1.165) is 25.9 Å². The average Bonchev–Trinajstić information content (AvgIpc) is 2.95. The lowest BCUT2D eigenvalue weighted by Gasteiger charge is -2.15. The molecular weight excluding hydrogens is 280 g/mol. The van der Waals surface area contributed by atoms with E-state index in [2.05, 4.69) is 10.3 Å². The van der Waals surface area contributed by atoms with E-state index < -0.39 is 0 Å². The molecule has 0 saturated carbocycles. The highest BCUT2D eigenvalue weighted by atomic mass is 35.5. The third-order valence-electron chi connectivity index (χ3n) is 3.19. The summed E-state index contributed by atoms with van der Waals surface area (Å²) in [6.45, 7) is 1.91. The lowest BCUT2D eigenvalue weighted by atomic mass is 10.2. The summed E-state index contributed by atoms with van der Waals surface area (Å²) < 4.78 is 0. The minimum absolute atomic E-state index is 0.0691. The van der Waals surface area contributed by atoms with Crippen LogP contribution >= 0.6 is 11.6 Å². The number of rotatable bonds is 4. The minimum atomic E-state index is -0.371. The Morgan fingerprint density at radius 1 is 1.40 bits per heavy atom. The summed E-state index contributed by atoms with van der Waals surface area (Å²) in [7, 11) is 0. The van der Waals surface area contributed by atoms with Gasteiger partial charge in [-0.15, -0.1) is 0 Å². The molecule has 1 aromatic rings. The van der Waals surface area contributed by atoms with Crippen molar-refractivity contribution in [3.8, 4) is 0 Å². The maximum Gasteiger partial charge on any atom is 0.254 e. The third-order valence-corrected chi connectivity index (χ3v) is 3.49. The number of aromatic nitrogens is 1. The fraction of sp³-hybridized carbons (Fsp3) is 0.462. The number of carbonyl (C=O) groups is 2. The standard InChI is InChI=1S/C13H17ClN4O2/c14-12-10(7-9(15)8-17-12)13(20)16-4-3-11(19)18-5-1-2-6-18/h7-8H,1-6,15H2,(H,16,20). The number of hydrogen-bond donors (Lipinski definition) is 2. The normalized spacial score (nSPS) is 14.3. The van der Waals surface area contributed by atoms with Crippen LogP contribution in [0.4, 0.5) is 5.69 Å². The van der Waals surface area contributed by atoms with Gasteiger partial charge in [-0.3, -0.25) is 9.59 Å². The van der Waals surface area contributed by atoms with Crippen molar-refractivity contribution in [2.75, 3.05) is 25.4 Å². The predicted octanol–water partition coefficient (Wildman–Crippen LogP) is 1.06. The summed E-state index contributed by atoms with van der Waals surface area (Å²) in [5.74, 6) is -0.302. The highest BCUT2D eigenvalue weighted by Gasteiger charge is 2.18. The van der Waals surface area contributed by atoms with Crippen LogP contribution in [0.3, 0.4) is 0 Å². The molecule has 2 heterocycles. The third kappa shape index (κ3) is 3.60. The Labute approximate surface area is 122 Å². The zero-order valence-electron chi connectivity index (χ0n) is 11.1. The summed E-state index contributed by atoms with van der Waals surface area (Å²) in [6, 6.07) is 1.47. The summed E-state index contributed by atoms with van der Waals surface area (Å²) in [6.07, 6.45) is 3.79. The van der Waals surface area contributed by atoms with Gasteiger partial charge in [0.1, 0.15) is 5.15 Å². The first-order valence-electron chi connectivity index (χ1n) is 6.55. The zero-order chi connectivity index (χ0) is 14.5. The van der Waals surface area contributed by atoms with Gasteiger partial charge in [0, 0.05) is 26.1 Å². The van der Waals surface area contributed by atoms with E-state index >= 15 is 0 Å². The molecule has 108 valence electrons. The van der Waals surface area contributed by atoms with E-state index in [1.807, 2.05) is 4.90 Å². The highest BCUT2D eigenvalue weighted by molar-refractivity contribution is 6.32. The highest BCUT2D eigenvalue weighted by Crippen LogP contribution is 2.15. The molecule has 3 N–H and O–H groups in total. The van der Waals surface area contributed by atoms with Crippen LogP contribution in [0.1, 0.15) is 29.6 Å². The summed E-state index contributed by atoms with van der Waals surface area (Å²) >= 11 is 5.83. The number of pyridine rings is 1. The van der Waals surface area contributed by atoms with Gasteiger partial charge in [0.15, 0.2) is 0 Å². The molecule has 0 bridgehead atoms. The Morgan fingerprint density at radius 2 is 2.10 bits per heavy atom. The molecule has 0 aromatic carbocycles. The second-order valence-electron chi connectivity index (χ2n) is 4.70. The topological polar surface area (TPSA) is 88.3 Å². The number of carbonyl (C=O) groups excluding carboxylic acids is 2. The van der Waals surface area contributed by atoms with Gasteiger partial charge in [-0.25, -0.2) is 4.98 Å². The van der Waals surface area contributed by atoms with E-state index in [1.165, 1.54) is 12.3 Å². The molecule has 1 saturated heterocycles. The number of anilines is 1. The van der Waals surface area contributed by atoms with Crippen molar-refractivity contribution < 1.29 is 9.59 Å². The zero-order valence-corrected chi connectivity index (χ0v) is 11.8. The molecule has 0 radical (unpaired) electrons. The van der Waals surface area contributed by atoms with Gasteiger partial charge in [-0.05, 0) is 18.9 Å². The number of halogens is 1. The molecule has 0 unspecified atom stereocenters. The van der Waals surface area contributed by atoms with Gasteiger partial charge in [0.05, 0.1) is 17.4 Å². The molecule has 1 aliphatic rings. The number of nitrogens with zero attached hydrogens (tertiary/aromatic N) is 2. The molecule has 1 aromatic heterocycles. The minimum Gasteiger partial charge on any atom is -0.397 e. The van der Waals surface area contributed by atoms with Crippen LogP contribution in [0.2, 0.25) is 5.15 Å². The van der Waals surface area contributed by atoms with Crippen LogP contribution in [0, 0.1) is 0 Å². The van der Waals surface area contributed by atoms with E-state index in [0.29, 0.717) is 12.1 Å². The Bertz CT molecular complexity index is 515. The number of nitrogens with two attached hydrogens (primary N) is 1. The van der Waals surface area contributed by atoms with Crippen molar-refractivity contribution in [1.29, 1.82) is 0 Å².